The minimum absolute atomic E-state index is 0.186. The molecule has 3 rings (SSSR count). The molecule has 1 aliphatic heterocycles. The molecule has 1 aliphatic rings. The van der Waals surface area contributed by atoms with Crippen LogP contribution in [0, 0.1) is 6.92 Å². The van der Waals surface area contributed by atoms with E-state index in [4.69, 9.17) is 9.15 Å². The third-order valence-corrected chi connectivity index (χ3v) is 4.24. The smallest absolute Gasteiger partial charge is 0.410 e. The third kappa shape index (κ3) is 4.38. The Hall–Kier alpha value is -2.37. The Balaban J connectivity index is 1.60. The Morgan fingerprint density at radius 1 is 1.16 bits per heavy atom. The van der Waals surface area contributed by atoms with Gasteiger partial charge in [-0.05, 0) is 52.7 Å². The molecule has 0 spiro atoms. The van der Waals surface area contributed by atoms with Crippen LogP contribution < -0.4 is 0 Å². The first-order chi connectivity index (χ1) is 11.8. The number of nitrogens with zero attached hydrogens (tertiary/aromatic N) is 3. The van der Waals surface area contributed by atoms with Gasteiger partial charge in [0.2, 0.25) is 11.8 Å². The van der Waals surface area contributed by atoms with Crippen LogP contribution >= 0.6 is 0 Å². The zero-order valence-electron chi connectivity index (χ0n) is 15.3. The van der Waals surface area contributed by atoms with Gasteiger partial charge in [0.05, 0.1) is 0 Å². The van der Waals surface area contributed by atoms with Crippen molar-refractivity contribution in [2.75, 3.05) is 13.1 Å². The highest BCUT2D eigenvalue weighted by Gasteiger charge is 2.29. The van der Waals surface area contributed by atoms with Crippen LogP contribution in [0.1, 0.15) is 51.0 Å². The number of hydrogen-bond acceptors (Lipinski definition) is 5. The van der Waals surface area contributed by atoms with E-state index in [9.17, 15) is 4.79 Å². The molecule has 2 aromatic rings. The van der Waals surface area contributed by atoms with Crippen molar-refractivity contribution >= 4 is 6.09 Å². The molecule has 0 saturated carbocycles. The lowest BCUT2D eigenvalue weighted by Gasteiger charge is -2.32. The van der Waals surface area contributed by atoms with Gasteiger partial charge in [0.25, 0.3) is 0 Å². The number of aryl methyl sites for hydroxylation is 1. The van der Waals surface area contributed by atoms with Crippen molar-refractivity contribution in [1.82, 2.24) is 15.1 Å². The molecule has 0 N–H and O–H groups in total. The van der Waals surface area contributed by atoms with E-state index in [0.29, 0.717) is 24.9 Å². The summed E-state index contributed by atoms with van der Waals surface area (Å²) < 4.78 is 11.3. The molecule has 0 atom stereocenters. The lowest BCUT2D eigenvalue weighted by molar-refractivity contribution is 0.0199. The van der Waals surface area contributed by atoms with Crippen molar-refractivity contribution in [2.45, 2.75) is 52.1 Å². The standard InChI is InChI=1S/C19H25N3O3/c1-13-5-7-14(8-6-13)16-20-21-17(24-16)15-9-11-22(12-10-15)18(23)25-19(2,3)4/h5-8,15H,9-12H2,1-4H3. The number of rotatable bonds is 2. The van der Waals surface area contributed by atoms with Gasteiger partial charge in [-0.3, -0.25) is 0 Å². The van der Waals surface area contributed by atoms with Crippen LogP contribution in [-0.2, 0) is 4.74 Å². The maximum atomic E-state index is 12.1. The first-order valence-electron chi connectivity index (χ1n) is 8.70. The molecule has 0 unspecified atom stereocenters. The van der Waals surface area contributed by atoms with Gasteiger partial charge >= 0.3 is 6.09 Å². The molecule has 0 aliphatic carbocycles. The highest BCUT2D eigenvalue weighted by molar-refractivity contribution is 5.68. The zero-order chi connectivity index (χ0) is 18.0. The summed E-state index contributed by atoms with van der Waals surface area (Å²) in [5, 5.41) is 8.39. The fraction of sp³-hybridized carbons (Fsp3) is 0.526. The molecule has 134 valence electrons. The molecular weight excluding hydrogens is 318 g/mol. The van der Waals surface area contributed by atoms with Crippen molar-refractivity contribution < 1.29 is 13.9 Å². The van der Waals surface area contributed by atoms with Crippen molar-refractivity contribution in [2.24, 2.45) is 0 Å². The summed E-state index contributed by atoms with van der Waals surface area (Å²) in [5.74, 6) is 1.38. The summed E-state index contributed by atoms with van der Waals surface area (Å²) in [7, 11) is 0. The first-order valence-corrected chi connectivity index (χ1v) is 8.70. The molecule has 1 amide bonds. The van der Waals surface area contributed by atoms with Gasteiger partial charge in [-0.15, -0.1) is 10.2 Å². The van der Waals surface area contributed by atoms with Gasteiger partial charge in [-0.25, -0.2) is 4.79 Å². The summed E-state index contributed by atoms with van der Waals surface area (Å²) in [6.07, 6.45) is 1.35. The first kappa shape index (κ1) is 17.5. The minimum atomic E-state index is -0.469. The second-order valence-electron chi connectivity index (χ2n) is 7.55. The molecule has 0 radical (unpaired) electrons. The Labute approximate surface area is 148 Å². The number of ether oxygens (including phenoxy) is 1. The SMILES string of the molecule is Cc1ccc(-c2nnc(C3CCN(C(=O)OC(C)(C)C)CC3)o2)cc1. The lowest BCUT2D eigenvalue weighted by Crippen LogP contribution is -2.41. The zero-order valence-corrected chi connectivity index (χ0v) is 15.3. The highest BCUT2D eigenvalue weighted by atomic mass is 16.6. The van der Waals surface area contributed by atoms with Crippen LogP contribution in [0.25, 0.3) is 11.5 Å². The van der Waals surface area contributed by atoms with E-state index < -0.39 is 5.60 Å². The largest absolute Gasteiger partial charge is 0.444 e. The number of benzene rings is 1. The Morgan fingerprint density at radius 3 is 2.40 bits per heavy atom. The number of carbonyl (C=O) groups is 1. The fourth-order valence-electron chi connectivity index (χ4n) is 2.85. The number of amides is 1. The molecule has 0 bridgehead atoms. The maximum absolute atomic E-state index is 12.1. The van der Waals surface area contributed by atoms with Gasteiger partial charge in [0, 0.05) is 24.6 Å². The van der Waals surface area contributed by atoms with E-state index in [-0.39, 0.29) is 12.0 Å². The number of piperidine rings is 1. The molecule has 2 heterocycles. The number of likely N-dealkylation sites (tertiary alicyclic amines) is 1. The van der Waals surface area contributed by atoms with E-state index >= 15 is 0 Å². The molecule has 1 aromatic heterocycles. The van der Waals surface area contributed by atoms with Crippen LogP contribution in [0.3, 0.4) is 0 Å². The number of carbonyl (C=O) groups excluding carboxylic acids is 1. The van der Waals surface area contributed by atoms with Gasteiger partial charge in [0.1, 0.15) is 5.60 Å². The summed E-state index contributed by atoms with van der Waals surface area (Å²) in [5.41, 5.74) is 1.65. The molecular formula is C19H25N3O3. The van der Waals surface area contributed by atoms with Crippen molar-refractivity contribution in [3.63, 3.8) is 0 Å². The second kappa shape index (κ2) is 6.86. The van der Waals surface area contributed by atoms with Crippen LogP contribution in [0.4, 0.5) is 4.79 Å². The summed E-state index contributed by atoms with van der Waals surface area (Å²) in [6, 6.07) is 8.02. The lowest BCUT2D eigenvalue weighted by atomic mass is 9.97. The van der Waals surface area contributed by atoms with Crippen LogP contribution in [0.15, 0.2) is 28.7 Å². The third-order valence-electron chi connectivity index (χ3n) is 4.24. The quantitative estimate of drug-likeness (QED) is 0.819. The second-order valence-corrected chi connectivity index (χ2v) is 7.55. The van der Waals surface area contributed by atoms with E-state index in [1.54, 1.807) is 4.90 Å². The topological polar surface area (TPSA) is 68.5 Å². The Bertz CT molecular complexity index is 723. The van der Waals surface area contributed by atoms with Gasteiger partial charge in [0.15, 0.2) is 0 Å². The average Bonchev–Trinajstić information content (AvgIpc) is 3.04. The van der Waals surface area contributed by atoms with Crippen molar-refractivity contribution in [3.8, 4) is 11.5 Å². The number of hydrogen-bond donors (Lipinski definition) is 0. The molecule has 6 nitrogen and oxygen atoms in total. The van der Waals surface area contributed by atoms with Gasteiger partial charge < -0.3 is 14.1 Å². The van der Waals surface area contributed by atoms with Crippen LogP contribution in [-0.4, -0.2) is 39.9 Å². The Kier molecular flexibility index (Phi) is 4.79. The summed E-state index contributed by atoms with van der Waals surface area (Å²) in [4.78, 5) is 13.9. The average molecular weight is 343 g/mol. The predicted octanol–water partition coefficient (Wildman–Crippen LogP) is 4.16. The summed E-state index contributed by atoms with van der Waals surface area (Å²) in [6.45, 7) is 8.96. The van der Waals surface area contributed by atoms with Gasteiger partial charge in [-0.1, -0.05) is 17.7 Å². The van der Waals surface area contributed by atoms with Crippen LogP contribution in [0.2, 0.25) is 0 Å². The molecule has 1 saturated heterocycles. The van der Waals surface area contributed by atoms with E-state index in [1.807, 2.05) is 52.0 Å². The molecule has 6 heteroatoms. The number of aromatic nitrogens is 2. The van der Waals surface area contributed by atoms with Gasteiger partial charge in [-0.2, -0.15) is 0 Å². The van der Waals surface area contributed by atoms with E-state index in [0.717, 1.165) is 18.4 Å². The molecule has 1 aromatic carbocycles. The minimum Gasteiger partial charge on any atom is -0.444 e. The molecule has 1 fully saturated rings. The Morgan fingerprint density at radius 2 is 1.80 bits per heavy atom. The fourth-order valence-corrected chi connectivity index (χ4v) is 2.85. The normalized spacial score (nSPS) is 16.1. The monoisotopic (exact) mass is 343 g/mol. The van der Waals surface area contributed by atoms with Crippen LogP contribution in [0.5, 0.6) is 0 Å². The predicted molar refractivity (Wildman–Crippen MR) is 94.3 cm³/mol. The van der Waals surface area contributed by atoms with E-state index in [1.165, 1.54) is 5.56 Å². The highest BCUT2D eigenvalue weighted by Crippen LogP contribution is 2.30. The van der Waals surface area contributed by atoms with Crippen molar-refractivity contribution in [1.29, 1.82) is 0 Å². The molecule has 25 heavy (non-hydrogen) atoms. The van der Waals surface area contributed by atoms with E-state index in [2.05, 4.69) is 10.2 Å². The summed E-state index contributed by atoms with van der Waals surface area (Å²) >= 11 is 0. The van der Waals surface area contributed by atoms with Crippen molar-refractivity contribution in [3.05, 3.63) is 35.7 Å². The maximum Gasteiger partial charge on any atom is 0.410 e.